The van der Waals surface area contributed by atoms with Gasteiger partial charge in [0.25, 0.3) is 0 Å². The van der Waals surface area contributed by atoms with E-state index in [4.69, 9.17) is 4.74 Å². The highest BCUT2D eigenvalue weighted by Gasteiger charge is 2.13. The van der Waals surface area contributed by atoms with Gasteiger partial charge >= 0.3 is 11.0 Å². The molecule has 0 atom stereocenters. The van der Waals surface area contributed by atoms with Gasteiger partial charge in [0.1, 0.15) is 0 Å². The Morgan fingerprint density at radius 3 is 3.09 bits per heavy atom. The molecule has 0 aliphatic heterocycles. The lowest BCUT2D eigenvalue weighted by atomic mass is 10.8. The van der Waals surface area contributed by atoms with Crippen molar-refractivity contribution in [1.82, 2.24) is 4.98 Å². The van der Waals surface area contributed by atoms with Crippen LogP contribution >= 0.6 is 11.3 Å². The van der Waals surface area contributed by atoms with Gasteiger partial charge in [-0.2, -0.15) is 0 Å². The molecule has 0 saturated carbocycles. The summed E-state index contributed by atoms with van der Waals surface area (Å²) in [6.07, 6.45) is 0. The summed E-state index contributed by atoms with van der Waals surface area (Å²) in [6, 6.07) is 0. The topological polar surface area (TPSA) is 65.3 Å². The standard InChI is InChI=1S/C5H6N2O3S/c1-2-10-5-6-4(3-11-5)7(8)9/h3H,2H2,1H3. The molecule has 0 amide bonds. The van der Waals surface area contributed by atoms with E-state index in [1.807, 2.05) is 0 Å². The van der Waals surface area contributed by atoms with Crippen LogP contribution < -0.4 is 4.74 Å². The Morgan fingerprint density at radius 2 is 2.64 bits per heavy atom. The van der Waals surface area contributed by atoms with Gasteiger partial charge in [0.15, 0.2) is 0 Å². The summed E-state index contributed by atoms with van der Waals surface area (Å²) in [4.78, 5) is 13.2. The van der Waals surface area contributed by atoms with Crippen molar-refractivity contribution in [2.75, 3.05) is 6.61 Å². The predicted molar refractivity (Wildman–Crippen MR) is 39.9 cm³/mol. The van der Waals surface area contributed by atoms with Gasteiger partial charge in [-0.15, -0.1) is 0 Å². The van der Waals surface area contributed by atoms with Crippen LogP contribution in [0.4, 0.5) is 5.82 Å². The second-order valence-corrected chi connectivity index (χ2v) is 2.48. The fourth-order valence-corrected chi connectivity index (χ4v) is 1.20. The van der Waals surface area contributed by atoms with E-state index in [9.17, 15) is 10.1 Å². The molecule has 0 bridgehead atoms. The van der Waals surface area contributed by atoms with Crippen molar-refractivity contribution in [1.29, 1.82) is 0 Å². The molecule has 0 radical (unpaired) electrons. The number of hydrogen-bond acceptors (Lipinski definition) is 5. The van der Waals surface area contributed by atoms with Crippen molar-refractivity contribution >= 4 is 17.2 Å². The fraction of sp³-hybridized carbons (Fsp3) is 0.400. The van der Waals surface area contributed by atoms with Crippen molar-refractivity contribution < 1.29 is 9.66 Å². The number of aromatic nitrogens is 1. The Hall–Kier alpha value is -1.17. The van der Waals surface area contributed by atoms with Crippen molar-refractivity contribution in [2.24, 2.45) is 0 Å². The number of rotatable bonds is 3. The maximum Gasteiger partial charge on any atom is 0.388 e. The monoisotopic (exact) mass is 174 g/mol. The van der Waals surface area contributed by atoms with E-state index in [0.29, 0.717) is 11.8 Å². The summed E-state index contributed by atoms with van der Waals surface area (Å²) in [5.74, 6) is -0.154. The molecule has 0 fully saturated rings. The Kier molecular flexibility index (Phi) is 2.37. The smallest absolute Gasteiger partial charge is 0.388 e. The van der Waals surface area contributed by atoms with Gasteiger partial charge in [-0.05, 0) is 11.8 Å². The van der Waals surface area contributed by atoms with Gasteiger partial charge in [-0.1, -0.05) is 11.3 Å². The van der Waals surface area contributed by atoms with E-state index in [1.54, 1.807) is 6.92 Å². The van der Waals surface area contributed by atoms with Gasteiger partial charge in [-0.3, -0.25) is 0 Å². The van der Waals surface area contributed by atoms with Crippen LogP contribution in [0.3, 0.4) is 0 Å². The molecule has 1 aromatic rings. The van der Waals surface area contributed by atoms with Crippen LogP contribution in [0.1, 0.15) is 6.92 Å². The van der Waals surface area contributed by atoms with E-state index in [-0.39, 0.29) is 5.82 Å². The van der Waals surface area contributed by atoms with Crippen molar-refractivity contribution in [3.8, 4) is 5.19 Å². The molecule has 0 spiro atoms. The maximum absolute atomic E-state index is 10.1. The molecule has 0 saturated heterocycles. The van der Waals surface area contributed by atoms with Crippen LogP contribution in [-0.4, -0.2) is 16.5 Å². The molecule has 1 rings (SSSR count). The van der Waals surface area contributed by atoms with E-state index in [2.05, 4.69) is 4.98 Å². The van der Waals surface area contributed by atoms with Crippen molar-refractivity contribution in [2.45, 2.75) is 6.92 Å². The summed E-state index contributed by atoms with van der Waals surface area (Å²) in [5, 5.41) is 11.8. The van der Waals surface area contributed by atoms with Crippen LogP contribution in [0.5, 0.6) is 5.19 Å². The number of nitrogens with zero attached hydrogens (tertiary/aromatic N) is 2. The van der Waals surface area contributed by atoms with Crippen LogP contribution in [0.2, 0.25) is 0 Å². The minimum atomic E-state index is -0.543. The molecule has 0 unspecified atom stereocenters. The maximum atomic E-state index is 10.1. The van der Waals surface area contributed by atoms with E-state index in [1.165, 1.54) is 5.38 Å². The summed E-state index contributed by atoms with van der Waals surface area (Å²) < 4.78 is 4.94. The lowest BCUT2D eigenvalue weighted by molar-refractivity contribution is -0.389. The Balaban J connectivity index is 2.73. The van der Waals surface area contributed by atoms with Crippen LogP contribution in [-0.2, 0) is 0 Å². The first kappa shape index (κ1) is 7.93. The molecule has 1 heterocycles. The fourth-order valence-electron chi connectivity index (χ4n) is 0.523. The third kappa shape index (κ3) is 1.87. The zero-order valence-electron chi connectivity index (χ0n) is 5.81. The normalized spacial score (nSPS) is 9.55. The third-order valence-corrected chi connectivity index (χ3v) is 1.67. The van der Waals surface area contributed by atoms with E-state index >= 15 is 0 Å². The molecule has 11 heavy (non-hydrogen) atoms. The Morgan fingerprint density at radius 1 is 1.91 bits per heavy atom. The lowest BCUT2D eigenvalue weighted by Gasteiger charge is -1.88. The summed E-state index contributed by atoms with van der Waals surface area (Å²) in [6.45, 7) is 2.28. The quantitative estimate of drug-likeness (QED) is 0.513. The zero-order chi connectivity index (χ0) is 8.27. The average molecular weight is 174 g/mol. The first-order chi connectivity index (χ1) is 5.24. The van der Waals surface area contributed by atoms with Gasteiger partial charge in [0, 0.05) is 4.98 Å². The number of nitro groups is 1. The van der Waals surface area contributed by atoms with E-state index in [0.717, 1.165) is 11.3 Å². The highest BCUT2D eigenvalue weighted by atomic mass is 32.1. The van der Waals surface area contributed by atoms with Crippen LogP contribution in [0, 0.1) is 10.1 Å². The molecule has 60 valence electrons. The molecular formula is C5H6N2O3S. The first-order valence-electron chi connectivity index (χ1n) is 2.96. The van der Waals surface area contributed by atoms with E-state index < -0.39 is 4.92 Å². The molecule has 0 aromatic carbocycles. The SMILES string of the molecule is CCOc1nc([N+](=O)[O-])cs1. The predicted octanol–water partition coefficient (Wildman–Crippen LogP) is 1.45. The Labute approximate surface area is 66.8 Å². The van der Waals surface area contributed by atoms with Crippen LogP contribution in [0.25, 0.3) is 0 Å². The molecule has 0 aliphatic rings. The van der Waals surface area contributed by atoms with Crippen molar-refractivity contribution in [3.05, 3.63) is 15.5 Å². The molecule has 0 N–H and O–H groups in total. The van der Waals surface area contributed by atoms with Gasteiger partial charge in [0.05, 0.1) is 12.0 Å². The van der Waals surface area contributed by atoms with Gasteiger partial charge in [0.2, 0.25) is 0 Å². The highest BCUT2D eigenvalue weighted by molar-refractivity contribution is 7.11. The summed E-state index contributed by atoms with van der Waals surface area (Å²) >= 11 is 1.13. The number of hydrogen-bond donors (Lipinski definition) is 0. The number of ether oxygens (including phenoxy) is 1. The van der Waals surface area contributed by atoms with Gasteiger partial charge < -0.3 is 14.9 Å². The second kappa shape index (κ2) is 3.29. The Bertz CT molecular complexity index is 260. The second-order valence-electron chi connectivity index (χ2n) is 1.66. The lowest BCUT2D eigenvalue weighted by Crippen LogP contribution is -1.91. The largest absolute Gasteiger partial charge is 0.452 e. The minimum absolute atomic E-state index is 0.154. The third-order valence-electron chi connectivity index (χ3n) is 0.926. The highest BCUT2D eigenvalue weighted by Crippen LogP contribution is 2.22. The molecule has 6 heteroatoms. The zero-order valence-corrected chi connectivity index (χ0v) is 6.63. The first-order valence-corrected chi connectivity index (χ1v) is 3.84. The summed E-state index contributed by atoms with van der Waals surface area (Å²) in [7, 11) is 0. The average Bonchev–Trinajstić information content (AvgIpc) is 2.37. The molecule has 0 aliphatic carbocycles. The molecule has 5 nitrogen and oxygen atoms in total. The summed E-state index contributed by atoms with van der Waals surface area (Å²) in [5.41, 5.74) is 0. The van der Waals surface area contributed by atoms with Crippen LogP contribution in [0.15, 0.2) is 5.38 Å². The minimum Gasteiger partial charge on any atom is -0.452 e. The van der Waals surface area contributed by atoms with Crippen molar-refractivity contribution in [3.63, 3.8) is 0 Å². The van der Waals surface area contributed by atoms with Gasteiger partial charge in [-0.25, -0.2) is 0 Å². The number of thiazole rings is 1. The molecular weight excluding hydrogens is 168 g/mol. The molecule has 1 aromatic heterocycles.